The van der Waals surface area contributed by atoms with Gasteiger partial charge in [0.2, 0.25) is 0 Å². The highest BCUT2D eigenvalue weighted by Gasteiger charge is 2.37. The van der Waals surface area contributed by atoms with Crippen LogP contribution in [0.2, 0.25) is 5.02 Å². The summed E-state index contributed by atoms with van der Waals surface area (Å²) in [7, 11) is 2.13. The van der Waals surface area contributed by atoms with Crippen LogP contribution in [0.5, 0.6) is 0 Å². The highest BCUT2D eigenvalue weighted by Crippen LogP contribution is 2.45. The fourth-order valence-corrected chi connectivity index (χ4v) is 3.89. The maximum absolute atomic E-state index is 12.0. The first-order valence-electron chi connectivity index (χ1n) is 8.40. The molecule has 0 aliphatic carbocycles. The highest BCUT2D eigenvalue weighted by atomic mass is 35.5. The van der Waals surface area contributed by atoms with Gasteiger partial charge in [0.05, 0.1) is 5.02 Å². The van der Waals surface area contributed by atoms with Gasteiger partial charge in [0.15, 0.2) is 5.78 Å². The minimum atomic E-state index is 0.0611. The van der Waals surface area contributed by atoms with E-state index in [0.29, 0.717) is 5.92 Å². The van der Waals surface area contributed by atoms with E-state index in [4.69, 9.17) is 11.6 Å². The second-order valence-electron chi connectivity index (χ2n) is 7.34. The molecule has 0 saturated heterocycles. The van der Waals surface area contributed by atoms with Crippen molar-refractivity contribution in [3.63, 3.8) is 0 Å². The van der Waals surface area contributed by atoms with E-state index in [1.807, 2.05) is 30.3 Å². The van der Waals surface area contributed by atoms with Gasteiger partial charge in [-0.3, -0.25) is 4.79 Å². The third kappa shape index (κ3) is 2.53. The Kier molecular flexibility index (Phi) is 4.21. The quantitative estimate of drug-likeness (QED) is 0.661. The number of rotatable bonds is 2. The van der Waals surface area contributed by atoms with Crippen molar-refractivity contribution in [1.29, 1.82) is 0 Å². The molecule has 0 saturated carbocycles. The van der Waals surface area contributed by atoms with E-state index in [2.05, 4.69) is 38.8 Å². The van der Waals surface area contributed by atoms with Crippen molar-refractivity contribution in [1.82, 2.24) is 0 Å². The van der Waals surface area contributed by atoms with Gasteiger partial charge in [0, 0.05) is 29.4 Å². The van der Waals surface area contributed by atoms with Gasteiger partial charge >= 0.3 is 0 Å². The normalized spacial score (nSPS) is 19.1. The summed E-state index contributed by atoms with van der Waals surface area (Å²) in [5.41, 5.74) is 5.04. The standard InChI is InChI=1S/C21H24ClNO/c1-13-12-18-19(23(5)21(13,3)4)11-10-17(20(18)22)16-9-7-6-8-15(16)14(2)24/h6-11,13H,12H2,1-5H3. The molecular weight excluding hydrogens is 318 g/mol. The summed E-state index contributed by atoms with van der Waals surface area (Å²) in [5.74, 6) is 0.553. The Morgan fingerprint density at radius 2 is 1.83 bits per heavy atom. The van der Waals surface area contributed by atoms with E-state index in [1.165, 1.54) is 11.3 Å². The molecule has 1 aliphatic rings. The van der Waals surface area contributed by atoms with E-state index in [-0.39, 0.29) is 11.3 Å². The Balaban J connectivity index is 2.19. The summed E-state index contributed by atoms with van der Waals surface area (Å²) in [4.78, 5) is 14.3. The summed E-state index contributed by atoms with van der Waals surface area (Å²) >= 11 is 6.82. The minimum absolute atomic E-state index is 0.0611. The molecule has 0 aromatic heterocycles. The third-order valence-electron chi connectivity index (χ3n) is 5.76. The molecule has 0 N–H and O–H groups in total. The Hall–Kier alpha value is -1.80. The van der Waals surface area contributed by atoms with Crippen LogP contribution >= 0.6 is 11.6 Å². The van der Waals surface area contributed by atoms with Crippen LogP contribution in [0.4, 0.5) is 5.69 Å². The van der Waals surface area contributed by atoms with Gasteiger partial charge in [0.25, 0.3) is 0 Å². The van der Waals surface area contributed by atoms with Crippen molar-refractivity contribution in [2.45, 2.75) is 39.7 Å². The van der Waals surface area contributed by atoms with Crippen LogP contribution < -0.4 is 4.90 Å². The lowest BCUT2D eigenvalue weighted by atomic mass is 9.77. The first-order chi connectivity index (χ1) is 11.2. The van der Waals surface area contributed by atoms with E-state index in [0.717, 1.165) is 28.1 Å². The molecule has 0 amide bonds. The van der Waals surface area contributed by atoms with Crippen LogP contribution in [0.1, 0.15) is 43.6 Å². The molecule has 126 valence electrons. The number of halogens is 1. The van der Waals surface area contributed by atoms with E-state index in [1.54, 1.807) is 6.92 Å². The molecule has 0 fully saturated rings. The van der Waals surface area contributed by atoms with Crippen molar-refractivity contribution in [2.75, 3.05) is 11.9 Å². The van der Waals surface area contributed by atoms with Crippen LogP contribution in [0, 0.1) is 5.92 Å². The topological polar surface area (TPSA) is 20.3 Å². The molecule has 3 rings (SSSR count). The van der Waals surface area contributed by atoms with Gasteiger partial charge in [-0.25, -0.2) is 0 Å². The molecule has 24 heavy (non-hydrogen) atoms. The fourth-order valence-electron chi connectivity index (χ4n) is 3.55. The van der Waals surface area contributed by atoms with Crippen LogP contribution in [-0.2, 0) is 6.42 Å². The number of hydrogen-bond acceptors (Lipinski definition) is 2. The first-order valence-corrected chi connectivity index (χ1v) is 8.78. The van der Waals surface area contributed by atoms with Crippen molar-refractivity contribution in [3.8, 4) is 11.1 Å². The Morgan fingerprint density at radius 1 is 1.17 bits per heavy atom. The van der Waals surface area contributed by atoms with Crippen molar-refractivity contribution >= 4 is 23.1 Å². The van der Waals surface area contributed by atoms with Gasteiger partial charge in [0.1, 0.15) is 0 Å². The summed E-state index contributed by atoms with van der Waals surface area (Å²) in [6, 6.07) is 11.9. The lowest BCUT2D eigenvalue weighted by Gasteiger charge is -2.47. The van der Waals surface area contributed by atoms with Gasteiger partial charge < -0.3 is 4.90 Å². The van der Waals surface area contributed by atoms with Crippen LogP contribution in [0.25, 0.3) is 11.1 Å². The van der Waals surface area contributed by atoms with E-state index in [9.17, 15) is 4.79 Å². The summed E-state index contributed by atoms with van der Waals surface area (Å²) in [6.07, 6.45) is 0.946. The lowest BCUT2D eigenvalue weighted by Crippen LogP contribution is -2.50. The second kappa shape index (κ2) is 5.93. The number of fused-ring (bicyclic) bond motifs is 1. The zero-order valence-corrected chi connectivity index (χ0v) is 15.7. The van der Waals surface area contributed by atoms with Gasteiger partial charge in [-0.05, 0) is 50.3 Å². The largest absolute Gasteiger partial charge is 0.369 e. The van der Waals surface area contributed by atoms with Gasteiger partial charge in [-0.2, -0.15) is 0 Å². The number of nitrogens with zero attached hydrogens (tertiary/aromatic N) is 1. The Morgan fingerprint density at radius 3 is 2.50 bits per heavy atom. The predicted octanol–water partition coefficient (Wildman–Crippen LogP) is 5.62. The maximum atomic E-state index is 12.0. The van der Waals surface area contributed by atoms with Crippen molar-refractivity contribution in [3.05, 3.63) is 52.5 Å². The highest BCUT2D eigenvalue weighted by molar-refractivity contribution is 6.35. The average Bonchev–Trinajstić information content (AvgIpc) is 2.54. The van der Waals surface area contributed by atoms with Crippen LogP contribution in [0.3, 0.4) is 0 Å². The molecule has 1 heterocycles. The predicted molar refractivity (Wildman–Crippen MR) is 102 cm³/mol. The maximum Gasteiger partial charge on any atom is 0.160 e. The van der Waals surface area contributed by atoms with Crippen LogP contribution in [0.15, 0.2) is 36.4 Å². The van der Waals surface area contributed by atoms with Crippen molar-refractivity contribution in [2.24, 2.45) is 5.92 Å². The minimum Gasteiger partial charge on any atom is -0.369 e. The van der Waals surface area contributed by atoms with E-state index >= 15 is 0 Å². The smallest absolute Gasteiger partial charge is 0.160 e. The number of anilines is 1. The molecule has 2 aromatic rings. The van der Waals surface area contributed by atoms with Gasteiger partial charge in [-0.15, -0.1) is 0 Å². The number of Topliss-reactive ketones (excluding diaryl/α,β-unsaturated/α-hetero) is 1. The SMILES string of the molecule is CC(=O)c1ccccc1-c1ccc2c(c1Cl)CC(C)C(C)(C)N2C. The number of carbonyl (C=O) groups excluding carboxylic acids is 1. The number of hydrogen-bond donors (Lipinski definition) is 0. The second-order valence-corrected chi connectivity index (χ2v) is 7.72. The van der Waals surface area contributed by atoms with E-state index < -0.39 is 0 Å². The zero-order chi connectivity index (χ0) is 17.6. The summed E-state index contributed by atoms with van der Waals surface area (Å²) < 4.78 is 0. The molecular formula is C21H24ClNO. The molecule has 1 atom stereocenters. The monoisotopic (exact) mass is 341 g/mol. The van der Waals surface area contributed by atoms with Gasteiger partial charge in [-0.1, -0.05) is 48.9 Å². The molecule has 0 bridgehead atoms. The molecule has 0 spiro atoms. The molecule has 2 aromatic carbocycles. The molecule has 2 nitrogen and oxygen atoms in total. The number of carbonyl (C=O) groups is 1. The molecule has 0 radical (unpaired) electrons. The Bertz CT molecular complexity index is 809. The fraction of sp³-hybridized carbons (Fsp3) is 0.381. The average molecular weight is 342 g/mol. The third-order valence-corrected chi connectivity index (χ3v) is 6.19. The summed E-state index contributed by atoms with van der Waals surface area (Å²) in [6.45, 7) is 8.41. The lowest BCUT2D eigenvalue weighted by molar-refractivity contribution is 0.101. The molecule has 1 unspecified atom stereocenters. The number of benzene rings is 2. The molecule has 1 aliphatic heterocycles. The Labute approximate surface area is 149 Å². The molecule has 3 heteroatoms. The van der Waals surface area contributed by atoms with Crippen molar-refractivity contribution < 1.29 is 4.79 Å². The first kappa shape index (κ1) is 17.0. The number of ketones is 1. The van der Waals surface area contributed by atoms with Crippen LogP contribution in [-0.4, -0.2) is 18.4 Å². The zero-order valence-electron chi connectivity index (χ0n) is 15.0. The summed E-state index contributed by atoms with van der Waals surface area (Å²) in [5, 5.41) is 0.774.